The molecular formula is C112H98N4O31Si. The summed E-state index contributed by atoms with van der Waals surface area (Å²) >= 11 is 0. The number of benzene rings is 11. The highest BCUT2D eigenvalue weighted by atomic mass is 28.4. The summed E-state index contributed by atoms with van der Waals surface area (Å²) in [5, 5.41) is -0.702. The lowest BCUT2D eigenvalue weighted by molar-refractivity contribution is -0.360. The molecule has 0 radical (unpaired) electrons. The molecule has 35 nitrogen and oxygen atoms in total. The number of ether oxygens (including phenoxy) is 15. The van der Waals surface area contributed by atoms with Gasteiger partial charge < -0.3 is 75.5 Å². The van der Waals surface area contributed by atoms with Gasteiger partial charge in [-0.05, 0) is 152 Å². The van der Waals surface area contributed by atoms with Crippen LogP contribution in [-0.4, -0.2) is 267 Å². The predicted molar refractivity (Wildman–Crippen MR) is 520 cm³/mol. The Hall–Kier alpha value is -15.9. The van der Waals surface area contributed by atoms with Crippen LogP contribution in [0.25, 0.3) is 0 Å². The molecule has 8 amide bonds. The van der Waals surface area contributed by atoms with Crippen LogP contribution >= 0.6 is 0 Å². The average molecular weight is 2020 g/mol. The van der Waals surface area contributed by atoms with Gasteiger partial charge in [-0.25, -0.2) is 33.6 Å². The van der Waals surface area contributed by atoms with Gasteiger partial charge in [0.05, 0.1) is 95.6 Å². The Morgan fingerprint density at radius 2 is 0.500 bits per heavy atom. The van der Waals surface area contributed by atoms with Gasteiger partial charge in [0.1, 0.15) is 87.3 Å². The summed E-state index contributed by atoms with van der Waals surface area (Å²) in [6, 6.07) is 67.3. The monoisotopic (exact) mass is 2020 g/mol. The first kappa shape index (κ1) is 101. The van der Waals surface area contributed by atoms with Crippen molar-refractivity contribution < 1.29 is 147 Å². The number of methoxy groups -OCH3 is 1. The van der Waals surface area contributed by atoms with Gasteiger partial charge in [-0.3, -0.25) is 58.0 Å². The molecule has 148 heavy (non-hydrogen) atoms. The van der Waals surface area contributed by atoms with E-state index in [1.165, 1.54) is 218 Å². The van der Waals surface area contributed by atoms with Gasteiger partial charge in [0.25, 0.3) is 47.3 Å². The summed E-state index contributed by atoms with van der Waals surface area (Å²) < 4.78 is 110. The molecule has 8 heterocycles. The van der Waals surface area contributed by atoms with E-state index < -0.39 is 252 Å². The fourth-order valence-corrected chi connectivity index (χ4v) is 20.5. The molecule has 756 valence electrons. The van der Waals surface area contributed by atoms with E-state index >= 15 is 57.5 Å². The number of carbonyl (C=O) groups is 15. The first-order chi connectivity index (χ1) is 71.5. The first-order valence-corrected chi connectivity index (χ1v) is 50.8. The van der Waals surface area contributed by atoms with Crippen molar-refractivity contribution in [1.82, 2.24) is 19.6 Å². The summed E-state index contributed by atoms with van der Waals surface area (Å²) in [6.45, 7) is 5.75. The number of imide groups is 4. The van der Waals surface area contributed by atoms with Crippen molar-refractivity contribution in [2.45, 2.75) is 162 Å². The Balaban J connectivity index is 0.803. The minimum Gasteiger partial charge on any atom is -0.459 e. The van der Waals surface area contributed by atoms with E-state index in [4.69, 9.17) is 75.5 Å². The van der Waals surface area contributed by atoms with Crippen molar-refractivity contribution in [3.05, 3.63) is 393 Å². The number of fused-ring (bicyclic) bond motifs is 4. The Kier molecular flexibility index (Phi) is 29.3. The van der Waals surface area contributed by atoms with Gasteiger partial charge in [0.2, 0.25) is 0 Å². The average Bonchev–Trinajstić information content (AvgIpc) is 1.47. The Morgan fingerprint density at radius 3 is 0.784 bits per heavy atom. The molecule has 9 unspecified atom stereocenters. The molecule has 19 rings (SSSR count). The standard InChI is InChI=1S/C112H98N4O31Si/c1-112(2,3)148(5,6)147-89-83(62-136-104(128)66-42-20-10-21-43-66)141-110(86(92(89)144-107(131)69-48-26-13-27-49-69)116-99(123)76-56-34-35-57-77(76)100(116)124)137-79-58-78(113-93(117)70-50-28-29-51-71(70)94(113)118)108(138-80(79)59-133-101(125)63-36-14-7-15-37-63)145-87-82(61-135-103(127)65-40-18-9-19-41-65)140-111(85(91(87)143-106(130)68-46-24-12-25-47-68)115-97(121)74-54-32-33-55-75(74)98(115)122)146-88-81(60-134-102(126)64-38-16-8-17-39-64)139-109(132-4)84(90(88)142-105(129)67-44-22-11-23-45-67)114-95(119)72-52-30-31-53-73(72)96(114)120/h7-57,78-92,108-111H,58-62H2,1-6H3/t78-,79-,80?,81?,82?,83?,84-,85+,86+,87?,88+,89?,90?,91-,92-,108-,109+,110?,111?/m1/s1. The molecule has 0 N–H and O–H groups in total. The molecule has 0 aliphatic carbocycles. The molecule has 36 heteroatoms. The molecular weight excluding hydrogens is 1930 g/mol. The molecule has 0 spiro atoms. The van der Waals surface area contributed by atoms with E-state index in [2.05, 4.69) is 0 Å². The van der Waals surface area contributed by atoms with Gasteiger partial charge in [0.15, 0.2) is 51.8 Å². The summed E-state index contributed by atoms with van der Waals surface area (Å²) in [7, 11) is -2.20. The molecule has 19 atom stereocenters. The number of nitrogens with zero attached hydrogens (tertiary/aromatic N) is 4. The van der Waals surface area contributed by atoms with Gasteiger partial charge in [-0.2, -0.15) is 0 Å². The van der Waals surface area contributed by atoms with Gasteiger partial charge >= 0.3 is 41.8 Å². The highest BCUT2D eigenvalue weighted by molar-refractivity contribution is 6.74. The molecule has 0 saturated carbocycles. The van der Waals surface area contributed by atoms with Crippen LogP contribution in [-0.2, 0) is 75.5 Å². The third-order valence-corrected chi connectivity index (χ3v) is 32.0. The lowest BCUT2D eigenvalue weighted by atomic mass is 9.92. The van der Waals surface area contributed by atoms with Crippen LogP contribution in [0.15, 0.2) is 309 Å². The van der Waals surface area contributed by atoms with Crippen LogP contribution in [0, 0.1) is 0 Å². The van der Waals surface area contributed by atoms with E-state index in [0.717, 1.165) is 21.8 Å². The Labute approximate surface area is 848 Å². The second-order valence-electron chi connectivity index (χ2n) is 37.6. The Bertz CT molecular complexity index is 6790. The zero-order chi connectivity index (χ0) is 104. The van der Waals surface area contributed by atoms with Crippen molar-refractivity contribution in [2.24, 2.45) is 0 Å². The second kappa shape index (κ2) is 43.0. The highest BCUT2D eigenvalue weighted by Gasteiger charge is 2.66. The largest absolute Gasteiger partial charge is 0.459 e. The zero-order valence-corrected chi connectivity index (χ0v) is 81.4. The van der Waals surface area contributed by atoms with Crippen LogP contribution < -0.4 is 0 Å². The second-order valence-corrected chi connectivity index (χ2v) is 42.3. The minimum atomic E-state index is -3.34. The molecule has 11 aromatic rings. The van der Waals surface area contributed by atoms with Crippen LogP contribution in [0.1, 0.15) is 183 Å². The number of hydrogen-bond donors (Lipinski definition) is 0. The number of rotatable bonds is 31. The first-order valence-electron chi connectivity index (χ1n) is 47.9. The summed E-state index contributed by atoms with van der Waals surface area (Å²) in [5.74, 6) is -15.6. The smallest absolute Gasteiger partial charge is 0.338 e. The maximum Gasteiger partial charge on any atom is 0.338 e. The summed E-state index contributed by atoms with van der Waals surface area (Å²) in [4.78, 5) is 237. The fraction of sp³-hybridized carbons (Fsp3) is 0.277. The number of esters is 7. The van der Waals surface area contributed by atoms with Crippen molar-refractivity contribution in [2.75, 3.05) is 33.5 Å². The van der Waals surface area contributed by atoms with Crippen molar-refractivity contribution >= 4 is 97.4 Å². The normalized spacial score (nSPS) is 25.1. The lowest BCUT2D eigenvalue weighted by Gasteiger charge is -2.53. The molecule has 0 aromatic heterocycles. The van der Waals surface area contributed by atoms with Crippen LogP contribution in [0.2, 0.25) is 18.1 Å². The van der Waals surface area contributed by atoms with E-state index in [1.54, 1.807) is 91.0 Å². The Morgan fingerprint density at radius 1 is 0.277 bits per heavy atom. The SMILES string of the molecule is CO[C@H]1OC(COC(=O)c2ccccc2)[C@H](OC2OC(COC(=O)c3ccccc3)C(O[C@H]3OC(COC(=O)c4ccccc4)[C@H](OC4OC(COC(=O)c5ccccc5)C(O[Si](C)(C)C(C)(C)C)[C@H](OC(=O)c5ccccc5)[C@@H]4N4C(=O)c5ccccc5C4=O)C[C@H]3N3C(=O)c4ccccc4C3=O)[C@H](OC(=O)c3ccccc3)[C@@H]2N2C(=O)c3ccccc3C2=O)C(OC(=O)c2ccccc2)[C@H]1N1C(=O)c2ccccc2C1=O. The minimum absolute atomic E-state index is 0.00631. The third kappa shape index (κ3) is 20.2. The van der Waals surface area contributed by atoms with Crippen molar-refractivity contribution in [3.8, 4) is 0 Å². The van der Waals surface area contributed by atoms with Gasteiger partial charge in [-0.1, -0.05) is 197 Å². The van der Waals surface area contributed by atoms with E-state index in [0.29, 0.717) is 4.90 Å². The lowest BCUT2D eigenvalue weighted by Crippen LogP contribution is -2.72. The maximum atomic E-state index is 16.3. The van der Waals surface area contributed by atoms with E-state index in [1.807, 2.05) is 33.9 Å². The molecule has 11 aromatic carbocycles. The van der Waals surface area contributed by atoms with Crippen molar-refractivity contribution in [3.63, 3.8) is 0 Å². The van der Waals surface area contributed by atoms with Gasteiger partial charge in [-0.15, -0.1) is 0 Å². The highest BCUT2D eigenvalue weighted by Crippen LogP contribution is 2.48. The molecule has 4 fully saturated rings. The van der Waals surface area contributed by atoms with Crippen LogP contribution in [0.3, 0.4) is 0 Å². The third-order valence-electron chi connectivity index (χ3n) is 27.6. The summed E-state index contributed by atoms with van der Waals surface area (Å²) in [5.41, 5.74) is -1.79. The molecule has 8 aliphatic rings. The van der Waals surface area contributed by atoms with E-state index in [9.17, 15) is 14.4 Å². The number of carbonyl (C=O) groups excluding carboxylic acids is 15. The molecule has 0 bridgehead atoms. The van der Waals surface area contributed by atoms with Crippen molar-refractivity contribution in [1.29, 1.82) is 0 Å². The summed E-state index contributed by atoms with van der Waals surface area (Å²) in [6.07, 6.45) is -32.0. The molecule has 8 aliphatic heterocycles. The number of hydrogen-bond acceptors (Lipinski definition) is 31. The molecule has 4 saturated heterocycles. The fourth-order valence-electron chi connectivity index (χ4n) is 19.2. The van der Waals surface area contributed by atoms with E-state index in [-0.39, 0.29) is 83.5 Å². The topological polar surface area (TPSA) is 417 Å². The quantitative estimate of drug-likeness (QED) is 0.0168. The van der Waals surface area contributed by atoms with Gasteiger partial charge in [0, 0.05) is 13.5 Å². The maximum absolute atomic E-state index is 16.3. The predicted octanol–water partition coefficient (Wildman–Crippen LogP) is 13.2. The van der Waals surface area contributed by atoms with Crippen LogP contribution in [0.4, 0.5) is 0 Å². The number of amides is 8. The van der Waals surface area contributed by atoms with Crippen LogP contribution in [0.5, 0.6) is 0 Å². The zero-order valence-electron chi connectivity index (χ0n) is 80.4.